The smallest absolute Gasteiger partial charge is 0.225 e. The standard InChI is InChI=1S/C17H20Cl2N2O2/c1-2-21(17(22)11-4-3-5-11)10-13-9-16(20-23-13)12-6-7-14(18)15(19)8-12/h6-8,11,13H,2-5,9-10H2,1H3/t13-/m0/s1. The number of nitrogens with zero attached hydrogens (tertiary/aromatic N) is 2. The van der Waals surface area contributed by atoms with Gasteiger partial charge in [0.25, 0.3) is 0 Å². The summed E-state index contributed by atoms with van der Waals surface area (Å²) in [4.78, 5) is 19.8. The Balaban J connectivity index is 1.59. The van der Waals surface area contributed by atoms with Gasteiger partial charge in [0.15, 0.2) is 6.10 Å². The average molecular weight is 355 g/mol. The molecule has 0 bridgehead atoms. The molecule has 1 fully saturated rings. The Bertz CT molecular complexity index is 629. The average Bonchev–Trinajstić information content (AvgIpc) is 2.94. The molecule has 23 heavy (non-hydrogen) atoms. The third-order valence-corrected chi connectivity index (χ3v) is 5.30. The van der Waals surface area contributed by atoms with E-state index in [0.29, 0.717) is 29.6 Å². The van der Waals surface area contributed by atoms with Crippen molar-refractivity contribution < 1.29 is 9.63 Å². The molecule has 0 aromatic heterocycles. The lowest BCUT2D eigenvalue weighted by Gasteiger charge is -2.31. The molecule has 0 N–H and O–H groups in total. The molecule has 3 rings (SSSR count). The van der Waals surface area contributed by atoms with Crippen LogP contribution in [0.15, 0.2) is 23.4 Å². The van der Waals surface area contributed by atoms with Crippen molar-refractivity contribution in [2.45, 2.75) is 38.7 Å². The molecule has 0 radical (unpaired) electrons. The number of rotatable bonds is 5. The summed E-state index contributed by atoms with van der Waals surface area (Å²) in [5.41, 5.74) is 1.76. The molecule has 1 saturated carbocycles. The van der Waals surface area contributed by atoms with Crippen molar-refractivity contribution in [1.29, 1.82) is 0 Å². The van der Waals surface area contributed by atoms with Crippen LogP contribution in [0.4, 0.5) is 0 Å². The van der Waals surface area contributed by atoms with Crippen molar-refractivity contribution in [2.24, 2.45) is 11.1 Å². The maximum absolute atomic E-state index is 12.4. The SMILES string of the molecule is CCN(C[C@@H]1CC(c2ccc(Cl)c(Cl)c2)=NO1)C(=O)C1CCC1. The number of hydrogen-bond acceptors (Lipinski definition) is 3. The van der Waals surface area contributed by atoms with Crippen molar-refractivity contribution in [3.8, 4) is 0 Å². The lowest BCUT2D eigenvalue weighted by molar-refractivity contribution is -0.139. The topological polar surface area (TPSA) is 41.9 Å². The van der Waals surface area contributed by atoms with E-state index in [1.807, 2.05) is 17.9 Å². The fourth-order valence-electron chi connectivity index (χ4n) is 2.91. The maximum Gasteiger partial charge on any atom is 0.225 e. The molecule has 0 unspecified atom stereocenters. The Labute approximate surface area is 146 Å². The van der Waals surface area contributed by atoms with Crippen molar-refractivity contribution in [3.63, 3.8) is 0 Å². The Morgan fingerprint density at radius 1 is 1.35 bits per heavy atom. The third kappa shape index (κ3) is 3.64. The molecule has 1 heterocycles. The van der Waals surface area contributed by atoms with Crippen molar-refractivity contribution in [1.82, 2.24) is 4.90 Å². The molecule has 1 amide bonds. The second-order valence-corrected chi connectivity index (χ2v) is 6.92. The van der Waals surface area contributed by atoms with E-state index in [2.05, 4.69) is 5.16 Å². The molecule has 1 aliphatic carbocycles. The first-order valence-electron chi connectivity index (χ1n) is 8.05. The summed E-state index contributed by atoms with van der Waals surface area (Å²) >= 11 is 12.0. The van der Waals surface area contributed by atoms with Gasteiger partial charge in [0.05, 0.1) is 22.3 Å². The van der Waals surface area contributed by atoms with Gasteiger partial charge in [-0.2, -0.15) is 0 Å². The van der Waals surface area contributed by atoms with Crippen molar-refractivity contribution in [3.05, 3.63) is 33.8 Å². The van der Waals surface area contributed by atoms with Gasteiger partial charge in [0.2, 0.25) is 5.91 Å². The minimum absolute atomic E-state index is 0.0940. The van der Waals surface area contributed by atoms with Gasteiger partial charge < -0.3 is 9.74 Å². The Hall–Kier alpha value is -1.26. The van der Waals surface area contributed by atoms with Crippen LogP contribution in [0.5, 0.6) is 0 Å². The van der Waals surface area contributed by atoms with E-state index in [4.69, 9.17) is 28.0 Å². The van der Waals surface area contributed by atoms with E-state index in [0.717, 1.165) is 24.1 Å². The monoisotopic (exact) mass is 354 g/mol. The predicted octanol–water partition coefficient (Wildman–Crippen LogP) is 4.14. The molecule has 2 aliphatic rings. The second-order valence-electron chi connectivity index (χ2n) is 6.10. The van der Waals surface area contributed by atoms with Crippen LogP contribution >= 0.6 is 23.2 Å². The number of amides is 1. The summed E-state index contributed by atoms with van der Waals surface area (Å²) in [6, 6.07) is 5.44. The number of carbonyl (C=O) groups is 1. The highest BCUT2D eigenvalue weighted by Gasteiger charge is 2.32. The normalized spacial score (nSPS) is 20.7. The van der Waals surface area contributed by atoms with Gasteiger partial charge >= 0.3 is 0 Å². The number of oxime groups is 1. The number of benzene rings is 1. The molecular formula is C17H20Cl2N2O2. The zero-order chi connectivity index (χ0) is 16.4. The molecule has 0 spiro atoms. The first kappa shape index (κ1) is 16.6. The molecule has 1 aromatic rings. The molecule has 6 heteroatoms. The van der Waals surface area contributed by atoms with E-state index in [1.54, 1.807) is 12.1 Å². The first-order valence-corrected chi connectivity index (χ1v) is 8.81. The lowest BCUT2D eigenvalue weighted by Crippen LogP contribution is -2.42. The van der Waals surface area contributed by atoms with Crippen LogP contribution in [-0.4, -0.2) is 35.7 Å². The molecule has 1 aliphatic heterocycles. The number of carbonyl (C=O) groups excluding carboxylic acids is 1. The van der Waals surface area contributed by atoms with E-state index >= 15 is 0 Å². The van der Waals surface area contributed by atoms with E-state index in [-0.39, 0.29) is 17.9 Å². The highest BCUT2D eigenvalue weighted by Crippen LogP contribution is 2.29. The minimum atomic E-state index is -0.0940. The van der Waals surface area contributed by atoms with Crippen LogP contribution in [0.25, 0.3) is 0 Å². The summed E-state index contributed by atoms with van der Waals surface area (Å²) in [6.07, 6.45) is 3.78. The molecule has 4 nitrogen and oxygen atoms in total. The molecule has 0 saturated heterocycles. The molecular weight excluding hydrogens is 335 g/mol. The van der Waals surface area contributed by atoms with Crippen LogP contribution in [0, 0.1) is 5.92 Å². The summed E-state index contributed by atoms with van der Waals surface area (Å²) in [7, 11) is 0. The zero-order valence-corrected chi connectivity index (χ0v) is 14.6. The highest BCUT2D eigenvalue weighted by atomic mass is 35.5. The number of halogens is 2. The predicted molar refractivity (Wildman–Crippen MR) is 92.1 cm³/mol. The molecule has 124 valence electrons. The second kappa shape index (κ2) is 7.10. The Morgan fingerprint density at radius 3 is 2.74 bits per heavy atom. The van der Waals surface area contributed by atoms with Crippen LogP contribution in [-0.2, 0) is 9.63 Å². The van der Waals surface area contributed by atoms with Crippen molar-refractivity contribution >= 4 is 34.8 Å². The first-order chi connectivity index (χ1) is 11.1. The fraction of sp³-hybridized carbons (Fsp3) is 0.529. The number of likely N-dealkylation sites (N-methyl/N-ethyl adjacent to an activating group) is 1. The molecule has 1 aromatic carbocycles. The van der Waals surface area contributed by atoms with Gasteiger partial charge in [0, 0.05) is 24.4 Å². The Morgan fingerprint density at radius 2 is 2.13 bits per heavy atom. The van der Waals surface area contributed by atoms with Crippen LogP contribution in [0.3, 0.4) is 0 Å². The summed E-state index contributed by atoms with van der Waals surface area (Å²) in [5.74, 6) is 0.470. The van der Waals surface area contributed by atoms with Gasteiger partial charge in [-0.15, -0.1) is 0 Å². The van der Waals surface area contributed by atoms with E-state index in [9.17, 15) is 4.79 Å². The maximum atomic E-state index is 12.4. The van der Waals surface area contributed by atoms with Crippen LogP contribution in [0.2, 0.25) is 10.0 Å². The lowest BCUT2D eigenvalue weighted by atomic mass is 9.84. The number of hydrogen-bond donors (Lipinski definition) is 0. The van der Waals surface area contributed by atoms with E-state index in [1.165, 1.54) is 6.42 Å². The van der Waals surface area contributed by atoms with Crippen molar-refractivity contribution in [2.75, 3.05) is 13.1 Å². The van der Waals surface area contributed by atoms with Gasteiger partial charge in [0.1, 0.15) is 0 Å². The van der Waals surface area contributed by atoms with Gasteiger partial charge in [-0.25, -0.2) is 0 Å². The largest absolute Gasteiger partial charge is 0.390 e. The van der Waals surface area contributed by atoms with Gasteiger partial charge in [-0.05, 0) is 31.9 Å². The summed E-state index contributed by atoms with van der Waals surface area (Å²) < 4.78 is 0. The van der Waals surface area contributed by atoms with Crippen LogP contribution in [0.1, 0.15) is 38.2 Å². The van der Waals surface area contributed by atoms with Gasteiger partial charge in [-0.3, -0.25) is 4.79 Å². The minimum Gasteiger partial charge on any atom is -0.390 e. The van der Waals surface area contributed by atoms with E-state index < -0.39 is 0 Å². The molecule has 1 atom stereocenters. The quantitative estimate of drug-likeness (QED) is 0.797. The Kier molecular flexibility index (Phi) is 5.12. The van der Waals surface area contributed by atoms with Gasteiger partial charge in [-0.1, -0.05) is 40.8 Å². The fourth-order valence-corrected chi connectivity index (χ4v) is 3.20. The highest BCUT2D eigenvalue weighted by molar-refractivity contribution is 6.42. The van der Waals surface area contributed by atoms with Crippen LogP contribution < -0.4 is 0 Å². The zero-order valence-electron chi connectivity index (χ0n) is 13.1. The summed E-state index contributed by atoms with van der Waals surface area (Å²) in [6.45, 7) is 3.30. The third-order valence-electron chi connectivity index (χ3n) is 4.56. The summed E-state index contributed by atoms with van der Waals surface area (Å²) in [5, 5.41) is 5.19.